The van der Waals surface area contributed by atoms with E-state index in [-0.39, 0.29) is 11.0 Å². The van der Waals surface area contributed by atoms with Crippen molar-refractivity contribution in [2.24, 2.45) is 17.1 Å². The summed E-state index contributed by atoms with van der Waals surface area (Å²) in [6.45, 7) is 10.3. The molecule has 0 radical (unpaired) electrons. The van der Waals surface area contributed by atoms with Crippen molar-refractivity contribution >= 4 is 5.82 Å². The highest BCUT2D eigenvalue weighted by Gasteiger charge is 2.20. The summed E-state index contributed by atoms with van der Waals surface area (Å²) in [4.78, 5) is 18.5. The number of anilines is 1. The van der Waals surface area contributed by atoms with Crippen LogP contribution < -0.4 is 16.2 Å². The van der Waals surface area contributed by atoms with Crippen LogP contribution in [0.5, 0.6) is 0 Å². The van der Waals surface area contributed by atoms with Gasteiger partial charge in [-0.25, -0.2) is 4.98 Å². The van der Waals surface area contributed by atoms with E-state index in [4.69, 9.17) is 5.73 Å². The predicted molar refractivity (Wildman–Crippen MR) is 79.4 cm³/mol. The topological polar surface area (TPSA) is 64.2 Å². The fourth-order valence-corrected chi connectivity index (χ4v) is 2.02. The molecule has 5 nitrogen and oxygen atoms in total. The third kappa shape index (κ3) is 4.35. The first-order valence-corrected chi connectivity index (χ1v) is 6.73. The standard InChI is InChI=1S/C14H26N4O/c1-11(2)8-18-7-6-16-12(13(18)19)17(5)10-14(3,4)9-15/h6-7,11H,8-10,15H2,1-5H3. The van der Waals surface area contributed by atoms with Crippen molar-refractivity contribution < 1.29 is 0 Å². The zero-order valence-corrected chi connectivity index (χ0v) is 12.7. The molecule has 0 unspecified atom stereocenters. The van der Waals surface area contributed by atoms with Gasteiger partial charge in [0.15, 0.2) is 5.82 Å². The van der Waals surface area contributed by atoms with Crippen LogP contribution in [0, 0.1) is 11.3 Å². The zero-order chi connectivity index (χ0) is 14.6. The average molecular weight is 266 g/mol. The molecule has 5 heteroatoms. The maximum atomic E-state index is 12.3. The van der Waals surface area contributed by atoms with E-state index < -0.39 is 0 Å². The minimum atomic E-state index is -0.0401. The van der Waals surface area contributed by atoms with E-state index in [0.29, 0.717) is 31.4 Å². The van der Waals surface area contributed by atoms with Gasteiger partial charge in [0.05, 0.1) is 0 Å². The lowest BCUT2D eigenvalue weighted by Crippen LogP contribution is -2.40. The Hall–Kier alpha value is -1.36. The first kappa shape index (κ1) is 15.7. The molecule has 1 heterocycles. The van der Waals surface area contributed by atoms with Crippen molar-refractivity contribution in [2.45, 2.75) is 34.2 Å². The summed E-state index contributed by atoms with van der Waals surface area (Å²) in [5, 5.41) is 0. The number of aromatic nitrogens is 2. The van der Waals surface area contributed by atoms with Gasteiger partial charge in [0.25, 0.3) is 5.56 Å². The fraction of sp³-hybridized carbons (Fsp3) is 0.714. The zero-order valence-electron chi connectivity index (χ0n) is 12.7. The van der Waals surface area contributed by atoms with Crippen LogP contribution in [0.25, 0.3) is 0 Å². The summed E-state index contributed by atoms with van der Waals surface area (Å²) in [5.41, 5.74) is 5.66. The van der Waals surface area contributed by atoms with Crippen molar-refractivity contribution in [3.8, 4) is 0 Å². The van der Waals surface area contributed by atoms with E-state index >= 15 is 0 Å². The molecule has 0 amide bonds. The lowest BCUT2D eigenvalue weighted by Gasteiger charge is -2.29. The third-order valence-electron chi connectivity index (χ3n) is 3.04. The minimum absolute atomic E-state index is 0.0356. The van der Waals surface area contributed by atoms with E-state index in [1.165, 1.54) is 0 Å². The quantitative estimate of drug-likeness (QED) is 0.843. The average Bonchev–Trinajstić information content (AvgIpc) is 2.30. The van der Waals surface area contributed by atoms with Crippen LogP contribution in [0.1, 0.15) is 27.7 Å². The van der Waals surface area contributed by atoms with E-state index in [9.17, 15) is 4.79 Å². The molecule has 108 valence electrons. The Morgan fingerprint density at radius 3 is 2.63 bits per heavy atom. The highest BCUT2D eigenvalue weighted by molar-refractivity contribution is 5.34. The molecule has 1 rings (SSSR count). The Labute approximate surface area is 115 Å². The summed E-state index contributed by atoms with van der Waals surface area (Å²) in [7, 11) is 1.89. The summed E-state index contributed by atoms with van der Waals surface area (Å²) in [5.74, 6) is 0.920. The van der Waals surface area contributed by atoms with Crippen LogP contribution in [-0.2, 0) is 6.54 Å². The molecule has 1 aromatic rings. The minimum Gasteiger partial charge on any atom is -0.355 e. The van der Waals surface area contributed by atoms with Gasteiger partial charge in [0.1, 0.15) is 0 Å². The second kappa shape index (κ2) is 6.19. The van der Waals surface area contributed by atoms with Gasteiger partial charge in [-0.3, -0.25) is 4.79 Å². The van der Waals surface area contributed by atoms with E-state index in [1.54, 1.807) is 17.0 Å². The number of nitrogens with two attached hydrogens (primary N) is 1. The Balaban J connectivity index is 2.98. The molecule has 0 aromatic carbocycles. The Kier molecular flexibility index (Phi) is 5.11. The van der Waals surface area contributed by atoms with Crippen LogP contribution in [0.4, 0.5) is 5.82 Å². The number of rotatable bonds is 6. The Morgan fingerprint density at radius 2 is 2.11 bits per heavy atom. The number of nitrogens with zero attached hydrogens (tertiary/aromatic N) is 3. The first-order valence-electron chi connectivity index (χ1n) is 6.73. The summed E-state index contributed by atoms with van der Waals surface area (Å²) in [6, 6.07) is 0. The van der Waals surface area contributed by atoms with Crippen LogP contribution in [0.2, 0.25) is 0 Å². The molecule has 0 atom stereocenters. The molecule has 1 aromatic heterocycles. The molecule has 0 spiro atoms. The SMILES string of the molecule is CC(C)Cn1ccnc(N(C)CC(C)(C)CN)c1=O. The largest absolute Gasteiger partial charge is 0.355 e. The molecular formula is C14H26N4O. The molecule has 19 heavy (non-hydrogen) atoms. The van der Waals surface area contributed by atoms with Gasteiger partial charge < -0.3 is 15.2 Å². The lowest BCUT2D eigenvalue weighted by atomic mass is 9.93. The molecule has 2 N–H and O–H groups in total. The van der Waals surface area contributed by atoms with Crippen molar-refractivity contribution in [3.63, 3.8) is 0 Å². The first-order chi connectivity index (χ1) is 8.76. The third-order valence-corrected chi connectivity index (χ3v) is 3.04. The van der Waals surface area contributed by atoms with Gasteiger partial charge in [-0.1, -0.05) is 27.7 Å². The van der Waals surface area contributed by atoms with Crippen LogP contribution >= 0.6 is 0 Å². The molecule has 0 aliphatic rings. The Bertz CT molecular complexity index is 465. The van der Waals surface area contributed by atoms with Crippen molar-refractivity contribution in [3.05, 3.63) is 22.7 Å². The van der Waals surface area contributed by atoms with Gasteiger partial charge in [0.2, 0.25) is 0 Å². The molecule has 0 aliphatic heterocycles. The van der Waals surface area contributed by atoms with Gasteiger partial charge >= 0.3 is 0 Å². The van der Waals surface area contributed by atoms with Gasteiger partial charge in [-0.15, -0.1) is 0 Å². The maximum Gasteiger partial charge on any atom is 0.293 e. The van der Waals surface area contributed by atoms with Crippen molar-refractivity contribution in [1.29, 1.82) is 0 Å². The van der Waals surface area contributed by atoms with Crippen molar-refractivity contribution in [2.75, 3.05) is 25.0 Å². The molecule has 0 saturated carbocycles. The molecule has 0 saturated heterocycles. The van der Waals surface area contributed by atoms with Gasteiger partial charge in [0, 0.05) is 32.5 Å². The molecule has 0 aliphatic carbocycles. The summed E-state index contributed by atoms with van der Waals surface area (Å²) in [6.07, 6.45) is 3.43. The molecule has 0 fully saturated rings. The monoisotopic (exact) mass is 266 g/mol. The van der Waals surface area contributed by atoms with Crippen LogP contribution in [0.3, 0.4) is 0 Å². The van der Waals surface area contributed by atoms with Crippen LogP contribution in [-0.4, -0.2) is 29.7 Å². The highest BCUT2D eigenvalue weighted by atomic mass is 16.1. The molecule has 0 bridgehead atoms. The second-order valence-corrected chi connectivity index (χ2v) is 6.33. The Morgan fingerprint density at radius 1 is 1.47 bits per heavy atom. The normalized spacial score (nSPS) is 11.9. The lowest BCUT2D eigenvalue weighted by molar-refractivity contribution is 0.383. The van der Waals surface area contributed by atoms with Gasteiger partial charge in [-0.2, -0.15) is 0 Å². The summed E-state index contributed by atoms with van der Waals surface area (Å²) >= 11 is 0. The smallest absolute Gasteiger partial charge is 0.293 e. The molecular weight excluding hydrogens is 240 g/mol. The van der Waals surface area contributed by atoms with Gasteiger partial charge in [-0.05, 0) is 17.9 Å². The van der Waals surface area contributed by atoms with Crippen LogP contribution in [0.15, 0.2) is 17.2 Å². The predicted octanol–water partition coefficient (Wildman–Crippen LogP) is 1.32. The van der Waals surface area contributed by atoms with E-state index in [0.717, 1.165) is 0 Å². The maximum absolute atomic E-state index is 12.3. The number of hydrogen-bond acceptors (Lipinski definition) is 4. The van der Waals surface area contributed by atoms with E-state index in [2.05, 4.69) is 32.7 Å². The summed E-state index contributed by atoms with van der Waals surface area (Å²) < 4.78 is 1.72. The fourth-order valence-electron chi connectivity index (χ4n) is 2.02. The second-order valence-electron chi connectivity index (χ2n) is 6.33. The van der Waals surface area contributed by atoms with E-state index in [1.807, 2.05) is 11.9 Å². The number of hydrogen-bond donors (Lipinski definition) is 1. The highest BCUT2D eigenvalue weighted by Crippen LogP contribution is 2.16. The van der Waals surface area contributed by atoms with Crippen molar-refractivity contribution in [1.82, 2.24) is 9.55 Å².